The van der Waals surface area contributed by atoms with Crippen LogP contribution >= 0.6 is 11.3 Å². The number of aromatic nitrogens is 1. The van der Waals surface area contributed by atoms with Gasteiger partial charge in [0, 0.05) is 51.1 Å². The van der Waals surface area contributed by atoms with Gasteiger partial charge in [0.2, 0.25) is 0 Å². The molecule has 0 saturated heterocycles. The van der Waals surface area contributed by atoms with Gasteiger partial charge in [-0.3, -0.25) is 4.99 Å². The lowest BCUT2D eigenvalue weighted by atomic mass is 10.2. The van der Waals surface area contributed by atoms with Gasteiger partial charge in [-0.05, 0) is 13.3 Å². The summed E-state index contributed by atoms with van der Waals surface area (Å²) >= 11 is 1.74. The zero-order chi connectivity index (χ0) is 17.6. The third-order valence-electron chi connectivity index (χ3n) is 3.23. The molecule has 24 heavy (non-hydrogen) atoms. The van der Waals surface area contributed by atoms with E-state index in [1.165, 1.54) is 5.01 Å². The Bertz CT molecular complexity index is 463. The van der Waals surface area contributed by atoms with E-state index in [-0.39, 0.29) is 0 Å². The summed E-state index contributed by atoms with van der Waals surface area (Å²) in [5.74, 6) is 1.36. The quantitative estimate of drug-likeness (QED) is 0.342. The first kappa shape index (κ1) is 20.9. The number of rotatable bonds is 12. The van der Waals surface area contributed by atoms with Crippen molar-refractivity contribution < 1.29 is 9.47 Å². The molecular weight excluding hydrogens is 324 g/mol. The molecule has 0 aliphatic rings. The summed E-state index contributed by atoms with van der Waals surface area (Å²) in [6.07, 6.45) is 1.82. The fourth-order valence-electron chi connectivity index (χ4n) is 1.96. The molecule has 1 aromatic rings. The summed E-state index contributed by atoms with van der Waals surface area (Å²) in [7, 11) is 1.68. The zero-order valence-corrected chi connectivity index (χ0v) is 16.2. The Morgan fingerprint density at radius 3 is 2.79 bits per heavy atom. The van der Waals surface area contributed by atoms with Crippen molar-refractivity contribution in [3.05, 3.63) is 16.1 Å². The molecule has 7 heteroatoms. The summed E-state index contributed by atoms with van der Waals surface area (Å²) in [5.41, 5.74) is 1.15. The highest BCUT2D eigenvalue weighted by atomic mass is 32.1. The Labute approximate surface area is 150 Å². The van der Waals surface area contributed by atoms with Gasteiger partial charge >= 0.3 is 0 Å². The maximum Gasteiger partial charge on any atom is 0.191 e. The molecule has 0 fully saturated rings. The van der Waals surface area contributed by atoms with Crippen molar-refractivity contribution in [1.82, 2.24) is 15.6 Å². The first-order valence-corrected chi connectivity index (χ1v) is 9.58. The number of aliphatic imine (C=N–C) groups is 1. The second kappa shape index (κ2) is 13.1. The largest absolute Gasteiger partial charge is 0.382 e. The fourth-order valence-corrected chi connectivity index (χ4v) is 2.82. The maximum absolute atomic E-state index is 5.43. The summed E-state index contributed by atoms with van der Waals surface area (Å²) in [4.78, 5) is 9.22. The zero-order valence-electron chi connectivity index (χ0n) is 15.4. The van der Waals surface area contributed by atoms with Crippen LogP contribution in [0.1, 0.15) is 43.8 Å². The molecule has 2 N–H and O–H groups in total. The van der Waals surface area contributed by atoms with Crippen LogP contribution in [0.25, 0.3) is 0 Å². The number of thiazole rings is 1. The lowest BCUT2D eigenvalue weighted by molar-refractivity contribution is 0.0702. The van der Waals surface area contributed by atoms with E-state index in [1.54, 1.807) is 18.4 Å². The molecule has 0 aromatic carbocycles. The van der Waals surface area contributed by atoms with Crippen LogP contribution < -0.4 is 10.6 Å². The van der Waals surface area contributed by atoms with Crippen LogP contribution in [-0.2, 0) is 15.9 Å². The average molecular weight is 357 g/mol. The van der Waals surface area contributed by atoms with Gasteiger partial charge in [-0.1, -0.05) is 13.8 Å². The third kappa shape index (κ3) is 9.20. The fraction of sp³-hybridized carbons (Fsp3) is 0.765. The van der Waals surface area contributed by atoms with Gasteiger partial charge in [-0.25, -0.2) is 4.98 Å². The van der Waals surface area contributed by atoms with Crippen molar-refractivity contribution in [3.8, 4) is 0 Å². The van der Waals surface area contributed by atoms with E-state index in [2.05, 4.69) is 46.8 Å². The van der Waals surface area contributed by atoms with E-state index in [9.17, 15) is 0 Å². The minimum Gasteiger partial charge on any atom is -0.382 e. The highest BCUT2D eigenvalue weighted by Crippen LogP contribution is 2.19. The predicted octanol–water partition coefficient (Wildman–Crippen LogP) is 2.42. The number of guanidine groups is 1. The molecular formula is C17H32N4O2S. The summed E-state index contributed by atoms with van der Waals surface area (Å²) in [5, 5.41) is 9.98. The van der Waals surface area contributed by atoms with Crippen LogP contribution in [0.15, 0.2) is 10.4 Å². The molecule has 0 amide bonds. The molecule has 0 aliphatic carbocycles. The van der Waals surface area contributed by atoms with Gasteiger partial charge in [-0.15, -0.1) is 11.3 Å². The highest BCUT2D eigenvalue weighted by molar-refractivity contribution is 7.09. The second-order valence-electron chi connectivity index (χ2n) is 5.73. The van der Waals surface area contributed by atoms with Crippen LogP contribution in [0, 0.1) is 0 Å². The number of nitrogens with one attached hydrogen (secondary N) is 2. The monoisotopic (exact) mass is 356 g/mol. The van der Waals surface area contributed by atoms with Crippen LogP contribution in [0.5, 0.6) is 0 Å². The SMILES string of the molecule is CCNC(=NCCCOCCOC)NCCc1csc(C(C)C)n1. The lowest BCUT2D eigenvalue weighted by Gasteiger charge is -2.10. The van der Waals surface area contributed by atoms with Crippen LogP contribution in [0.3, 0.4) is 0 Å². The number of hydrogen-bond donors (Lipinski definition) is 2. The second-order valence-corrected chi connectivity index (χ2v) is 6.62. The Morgan fingerprint density at radius 2 is 2.12 bits per heavy atom. The minimum atomic E-state index is 0.502. The van der Waals surface area contributed by atoms with Crippen molar-refractivity contribution in [2.75, 3.05) is 46.6 Å². The maximum atomic E-state index is 5.43. The van der Waals surface area contributed by atoms with E-state index in [0.717, 1.165) is 44.1 Å². The van der Waals surface area contributed by atoms with E-state index in [0.29, 0.717) is 25.7 Å². The summed E-state index contributed by atoms with van der Waals surface area (Å²) in [6, 6.07) is 0. The Balaban J connectivity index is 2.24. The average Bonchev–Trinajstić information content (AvgIpc) is 3.03. The topological polar surface area (TPSA) is 67.8 Å². The summed E-state index contributed by atoms with van der Waals surface area (Å²) < 4.78 is 10.4. The lowest BCUT2D eigenvalue weighted by Crippen LogP contribution is -2.38. The Hall–Kier alpha value is -1.18. The molecule has 0 saturated carbocycles. The first-order valence-electron chi connectivity index (χ1n) is 8.70. The number of hydrogen-bond acceptors (Lipinski definition) is 5. The number of nitrogens with zero attached hydrogens (tertiary/aromatic N) is 2. The van der Waals surface area contributed by atoms with Crippen LogP contribution in [0.2, 0.25) is 0 Å². The molecule has 0 radical (unpaired) electrons. The third-order valence-corrected chi connectivity index (χ3v) is 4.42. The van der Waals surface area contributed by atoms with E-state index in [1.807, 2.05) is 0 Å². The molecule has 0 aliphatic heterocycles. The highest BCUT2D eigenvalue weighted by Gasteiger charge is 2.05. The van der Waals surface area contributed by atoms with Crippen molar-refractivity contribution in [1.29, 1.82) is 0 Å². The minimum absolute atomic E-state index is 0.502. The van der Waals surface area contributed by atoms with Crippen molar-refractivity contribution in [3.63, 3.8) is 0 Å². The van der Waals surface area contributed by atoms with Gasteiger partial charge in [-0.2, -0.15) is 0 Å². The van der Waals surface area contributed by atoms with Gasteiger partial charge in [0.1, 0.15) is 0 Å². The molecule has 1 heterocycles. The molecule has 0 spiro atoms. The molecule has 1 rings (SSSR count). The molecule has 0 atom stereocenters. The standard InChI is InChI=1S/C17H32N4O2S/c1-5-18-17(19-8-6-10-23-12-11-22-4)20-9-7-15-13-24-16(21-15)14(2)3/h13-14H,5-12H2,1-4H3,(H2,18,19,20). The molecule has 138 valence electrons. The predicted molar refractivity (Wildman–Crippen MR) is 101 cm³/mol. The van der Waals surface area contributed by atoms with Gasteiger partial charge in [0.25, 0.3) is 0 Å². The van der Waals surface area contributed by atoms with Crippen molar-refractivity contribution in [2.45, 2.75) is 39.5 Å². The molecule has 6 nitrogen and oxygen atoms in total. The smallest absolute Gasteiger partial charge is 0.191 e. The van der Waals surface area contributed by atoms with E-state index >= 15 is 0 Å². The normalized spacial score (nSPS) is 12.0. The molecule has 1 aromatic heterocycles. The molecule has 0 bridgehead atoms. The van der Waals surface area contributed by atoms with Gasteiger partial charge < -0.3 is 20.1 Å². The summed E-state index contributed by atoms with van der Waals surface area (Å²) in [6.45, 7) is 10.8. The van der Waals surface area contributed by atoms with Crippen molar-refractivity contribution >= 4 is 17.3 Å². The Morgan fingerprint density at radius 1 is 1.29 bits per heavy atom. The molecule has 0 unspecified atom stereocenters. The van der Waals surface area contributed by atoms with Gasteiger partial charge in [0.05, 0.1) is 23.9 Å². The van der Waals surface area contributed by atoms with Crippen LogP contribution in [0.4, 0.5) is 0 Å². The number of methoxy groups -OCH3 is 1. The Kier molecular flexibility index (Phi) is 11.4. The first-order chi connectivity index (χ1) is 11.7. The van der Waals surface area contributed by atoms with Gasteiger partial charge in [0.15, 0.2) is 5.96 Å². The van der Waals surface area contributed by atoms with E-state index in [4.69, 9.17) is 9.47 Å². The van der Waals surface area contributed by atoms with Crippen LogP contribution in [-0.4, -0.2) is 57.5 Å². The number of ether oxygens (including phenoxy) is 2. The van der Waals surface area contributed by atoms with E-state index < -0.39 is 0 Å². The van der Waals surface area contributed by atoms with Crippen molar-refractivity contribution in [2.24, 2.45) is 4.99 Å².